The fourth-order valence-corrected chi connectivity index (χ4v) is 2.05. The average molecular weight is 319 g/mol. The standard InChI is InChI=1S/C20H17NO3/c1-16(14-18-11-7-12-19(15-18)21(23)24)20(22)13-6-5-10-17-8-3-2-4-9-17/h2-15H,1H3/b10-5+,13-6+,16-14+. The van der Waals surface area contributed by atoms with Crippen molar-refractivity contribution in [1.82, 2.24) is 0 Å². The lowest BCUT2D eigenvalue weighted by Crippen LogP contribution is -1.94. The molecule has 24 heavy (non-hydrogen) atoms. The Balaban J connectivity index is 2.03. The van der Waals surface area contributed by atoms with E-state index in [0.29, 0.717) is 11.1 Å². The van der Waals surface area contributed by atoms with E-state index in [2.05, 4.69) is 0 Å². The van der Waals surface area contributed by atoms with Crippen LogP contribution in [-0.4, -0.2) is 10.7 Å². The summed E-state index contributed by atoms with van der Waals surface area (Å²) in [6.45, 7) is 1.69. The number of benzene rings is 2. The Morgan fingerprint density at radius 2 is 1.71 bits per heavy atom. The number of allylic oxidation sites excluding steroid dienone is 4. The average Bonchev–Trinajstić information content (AvgIpc) is 2.59. The van der Waals surface area contributed by atoms with Crippen LogP contribution in [0.4, 0.5) is 5.69 Å². The zero-order valence-corrected chi connectivity index (χ0v) is 13.3. The first-order valence-electron chi connectivity index (χ1n) is 7.43. The molecule has 0 amide bonds. The van der Waals surface area contributed by atoms with E-state index in [9.17, 15) is 14.9 Å². The molecule has 0 aliphatic heterocycles. The molecule has 0 radical (unpaired) electrons. The lowest BCUT2D eigenvalue weighted by atomic mass is 10.1. The van der Waals surface area contributed by atoms with Crippen LogP contribution in [-0.2, 0) is 4.79 Å². The quantitative estimate of drug-likeness (QED) is 0.331. The van der Waals surface area contributed by atoms with Gasteiger partial charge in [0, 0.05) is 12.1 Å². The van der Waals surface area contributed by atoms with Crippen molar-refractivity contribution in [2.45, 2.75) is 6.92 Å². The molecule has 0 aliphatic rings. The van der Waals surface area contributed by atoms with Crippen LogP contribution in [0.3, 0.4) is 0 Å². The second-order valence-electron chi connectivity index (χ2n) is 5.17. The maximum atomic E-state index is 12.1. The van der Waals surface area contributed by atoms with Crippen LogP contribution in [0.5, 0.6) is 0 Å². The molecular weight excluding hydrogens is 302 g/mol. The molecule has 0 heterocycles. The van der Waals surface area contributed by atoms with E-state index in [-0.39, 0.29) is 11.5 Å². The van der Waals surface area contributed by atoms with Crippen molar-refractivity contribution in [2.75, 3.05) is 0 Å². The van der Waals surface area contributed by atoms with E-state index >= 15 is 0 Å². The van der Waals surface area contributed by atoms with Gasteiger partial charge in [-0.1, -0.05) is 60.7 Å². The third-order valence-corrected chi connectivity index (χ3v) is 3.30. The third kappa shape index (κ3) is 5.18. The summed E-state index contributed by atoms with van der Waals surface area (Å²) in [7, 11) is 0. The molecule has 2 aromatic carbocycles. The fraction of sp³-hybridized carbons (Fsp3) is 0.0500. The Labute approximate surface area is 140 Å². The van der Waals surface area contributed by atoms with E-state index in [4.69, 9.17) is 0 Å². The number of nitrogens with zero attached hydrogens (tertiary/aromatic N) is 1. The minimum absolute atomic E-state index is 0.00494. The van der Waals surface area contributed by atoms with Crippen LogP contribution in [0, 0.1) is 10.1 Å². The van der Waals surface area contributed by atoms with Crippen LogP contribution in [0.2, 0.25) is 0 Å². The van der Waals surface area contributed by atoms with E-state index in [1.165, 1.54) is 18.2 Å². The number of hydrogen-bond acceptors (Lipinski definition) is 3. The minimum atomic E-state index is -0.456. The number of hydrogen-bond donors (Lipinski definition) is 0. The van der Waals surface area contributed by atoms with E-state index in [0.717, 1.165) is 5.56 Å². The van der Waals surface area contributed by atoms with Gasteiger partial charge in [-0.25, -0.2) is 0 Å². The van der Waals surface area contributed by atoms with Gasteiger partial charge in [0.15, 0.2) is 5.78 Å². The molecule has 0 aromatic heterocycles. The van der Waals surface area contributed by atoms with E-state index in [1.807, 2.05) is 36.4 Å². The summed E-state index contributed by atoms with van der Waals surface area (Å²) in [5.74, 6) is -0.140. The van der Waals surface area contributed by atoms with Crippen molar-refractivity contribution in [3.05, 3.63) is 99.6 Å². The highest BCUT2D eigenvalue weighted by Crippen LogP contribution is 2.16. The van der Waals surface area contributed by atoms with Crippen molar-refractivity contribution >= 4 is 23.6 Å². The molecule has 0 saturated heterocycles. The van der Waals surface area contributed by atoms with Crippen LogP contribution in [0.15, 0.2) is 78.4 Å². The summed E-state index contributed by atoms with van der Waals surface area (Å²) in [6.07, 6.45) is 8.50. The van der Waals surface area contributed by atoms with Crippen molar-refractivity contribution in [2.24, 2.45) is 0 Å². The van der Waals surface area contributed by atoms with E-state index in [1.54, 1.807) is 37.3 Å². The number of ketones is 1. The predicted molar refractivity (Wildman–Crippen MR) is 96.4 cm³/mol. The number of nitro benzene ring substituents is 1. The Morgan fingerprint density at radius 3 is 2.42 bits per heavy atom. The normalized spacial score (nSPS) is 12.0. The van der Waals surface area contributed by atoms with Crippen LogP contribution in [0.1, 0.15) is 18.1 Å². The van der Waals surface area contributed by atoms with Crippen molar-refractivity contribution < 1.29 is 9.72 Å². The van der Waals surface area contributed by atoms with Gasteiger partial charge in [-0.2, -0.15) is 0 Å². The summed E-state index contributed by atoms with van der Waals surface area (Å²) >= 11 is 0. The number of carbonyl (C=O) groups is 1. The van der Waals surface area contributed by atoms with Crippen molar-refractivity contribution in [3.8, 4) is 0 Å². The van der Waals surface area contributed by atoms with Gasteiger partial charge < -0.3 is 0 Å². The molecular formula is C20H17NO3. The molecule has 0 spiro atoms. The van der Waals surface area contributed by atoms with Crippen molar-refractivity contribution in [3.63, 3.8) is 0 Å². The maximum Gasteiger partial charge on any atom is 0.270 e. The molecule has 120 valence electrons. The van der Waals surface area contributed by atoms with Gasteiger partial charge in [0.2, 0.25) is 0 Å². The van der Waals surface area contributed by atoms with Gasteiger partial charge in [-0.05, 0) is 35.8 Å². The first kappa shape index (κ1) is 17.1. The van der Waals surface area contributed by atoms with E-state index < -0.39 is 4.92 Å². The van der Waals surface area contributed by atoms with Crippen molar-refractivity contribution in [1.29, 1.82) is 0 Å². The van der Waals surface area contributed by atoms with Gasteiger partial charge >= 0.3 is 0 Å². The smallest absolute Gasteiger partial charge is 0.270 e. The molecule has 4 heteroatoms. The number of nitro groups is 1. The van der Waals surface area contributed by atoms with Gasteiger partial charge in [-0.15, -0.1) is 0 Å². The second-order valence-corrected chi connectivity index (χ2v) is 5.17. The van der Waals surface area contributed by atoms with Gasteiger partial charge in [0.05, 0.1) is 4.92 Å². The lowest BCUT2D eigenvalue weighted by Gasteiger charge is -1.97. The monoisotopic (exact) mass is 319 g/mol. The van der Waals surface area contributed by atoms with Crippen LogP contribution in [0.25, 0.3) is 12.2 Å². The molecule has 0 bridgehead atoms. The summed E-state index contributed by atoms with van der Waals surface area (Å²) in [6, 6.07) is 16.0. The topological polar surface area (TPSA) is 60.2 Å². The Kier molecular flexibility index (Phi) is 5.97. The molecule has 2 aromatic rings. The minimum Gasteiger partial charge on any atom is -0.290 e. The molecule has 0 N–H and O–H groups in total. The molecule has 0 atom stereocenters. The zero-order chi connectivity index (χ0) is 17.4. The predicted octanol–water partition coefficient (Wildman–Crippen LogP) is 4.84. The Hall–Kier alpha value is -3.27. The Morgan fingerprint density at radius 1 is 1.00 bits per heavy atom. The number of non-ortho nitro benzene ring substituents is 1. The molecule has 2 rings (SSSR count). The SMILES string of the molecule is C/C(=C\c1cccc([N+](=O)[O-])c1)C(=O)/C=C/C=C/c1ccccc1. The fourth-order valence-electron chi connectivity index (χ4n) is 2.05. The number of rotatable bonds is 6. The molecule has 0 unspecified atom stereocenters. The Bertz CT molecular complexity index is 818. The van der Waals surface area contributed by atoms with Gasteiger partial charge in [0.1, 0.15) is 0 Å². The highest BCUT2D eigenvalue weighted by molar-refractivity contribution is 6.06. The number of carbonyl (C=O) groups excluding carboxylic acids is 1. The highest BCUT2D eigenvalue weighted by atomic mass is 16.6. The molecule has 0 saturated carbocycles. The summed E-state index contributed by atoms with van der Waals surface area (Å²) in [5.41, 5.74) is 2.20. The second kappa shape index (κ2) is 8.39. The van der Waals surface area contributed by atoms with Gasteiger partial charge in [0.25, 0.3) is 5.69 Å². The molecule has 0 aliphatic carbocycles. The van der Waals surface area contributed by atoms with Crippen LogP contribution < -0.4 is 0 Å². The first-order chi connectivity index (χ1) is 11.6. The highest BCUT2D eigenvalue weighted by Gasteiger charge is 2.05. The summed E-state index contributed by atoms with van der Waals surface area (Å²) in [5, 5.41) is 10.8. The summed E-state index contributed by atoms with van der Waals surface area (Å²) < 4.78 is 0. The van der Waals surface area contributed by atoms with Gasteiger partial charge in [-0.3, -0.25) is 14.9 Å². The largest absolute Gasteiger partial charge is 0.290 e. The van der Waals surface area contributed by atoms with Crippen LogP contribution >= 0.6 is 0 Å². The molecule has 4 nitrogen and oxygen atoms in total. The maximum absolute atomic E-state index is 12.1. The summed E-state index contributed by atoms with van der Waals surface area (Å²) in [4.78, 5) is 22.4. The lowest BCUT2D eigenvalue weighted by molar-refractivity contribution is -0.384. The zero-order valence-electron chi connectivity index (χ0n) is 13.3. The molecule has 0 fully saturated rings. The first-order valence-corrected chi connectivity index (χ1v) is 7.43. The third-order valence-electron chi connectivity index (χ3n) is 3.30.